The minimum Gasteiger partial charge on any atom is -0.493 e. The van der Waals surface area contributed by atoms with E-state index in [0.717, 1.165) is 5.56 Å². The third kappa shape index (κ3) is 3.46. The van der Waals surface area contributed by atoms with Crippen LogP contribution < -0.4 is 4.74 Å². The number of ether oxygens (including phenoxy) is 1. The minimum atomic E-state index is -0.914. The van der Waals surface area contributed by atoms with Crippen molar-refractivity contribution >= 4 is 5.97 Å². The lowest BCUT2D eigenvalue weighted by Crippen LogP contribution is -2.23. The summed E-state index contributed by atoms with van der Waals surface area (Å²) in [6, 6.07) is 3.29. The Labute approximate surface area is 113 Å². The molecule has 0 aliphatic rings. The molecule has 0 spiro atoms. The summed E-state index contributed by atoms with van der Waals surface area (Å²) in [5.74, 6) is -1.06. The highest BCUT2D eigenvalue weighted by Gasteiger charge is 2.29. The van der Waals surface area contributed by atoms with Gasteiger partial charge in [-0.2, -0.15) is 0 Å². The molecule has 3 nitrogen and oxygen atoms in total. The number of rotatable bonds is 5. The molecule has 19 heavy (non-hydrogen) atoms. The highest BCUT2D eigenvalue weighted by atomic mass is 19.1. The fourth-order valence-corrected chi connectivity index (χ4v) is 2.13. The van der Waals surface area contributed by atoms with Crippen LogP contribution in [0.5, 0.6) is 5.75 Å². The first-order valence-electron chi connectivity index (χ1n) is 6.28. The van der Waals surface area contributed by atoms with Crippen LogP contribution in [-0.2, 0) is 10.2 Å². The monoisotopic (exact) mass is 268 g/mol. The van der Waals surface area contributed by atoms with E-state index in [1.807, 2.05) is 19.9 Å². The van der Waals surface area contributed by atoms with Crippen LogP contribution >= 0.6 is 0 Å². The number of benzene rings is 1. The molecular weight excluding hydrogens is 247 g/mol. The van der Waals surface area contributed by atoms with E-state index < -0.39 is 17.2 Å². The SMILES string of the molecule is COc1c(F)cc(C(C)C)cc1C(C)(C)CC(=O)O. The normalized spacial score (nSPS) is 11.7. The summed E-state index contributed by atoms with van der Waals surface area (Å²) >= 11 is 0. The van der Waals surface area contributed by atoms with E-state index in [0.29, 0.717) is 5.56 Å². The molecule has 0 aliphatic carbocycles. The Morgan fingerprint density at radius 2 is 2.00 bits per heavy atom. The fourth-order valence-electron chi connectivity index (χ4n) is 2.13. The Balaban J connectivity index is 3.42. The molecule has 0 radical (unpaired) electrons. The highest BCUT2D eigenvalue weighted by Crippen LogP contribution is 2.38. The van der Waals surface area contributed by atoms with Crippen LogP contribution in [0.25, 0.3) is 0 Å². The Bertz CT molecular complexity index is 479. The molecule has 1 aromatic rings. The average molecular weight is 268 g/mol. The first kappa shape index (κ1) is 15.5. The Morgan fingerprint density at radius 1 is 1.42 bits per heavy atom. The maximum Gasteiger partial charge on any atom is 0.304 e. The van der Waals surface area contributed by atoms with Gasteiger partial charge < -0.3 is 9.84 Å². The summed E-state index contributed by atoms with van der Waals surface area (Å²) in [7, 11) is 1.40. The quantitative estimate of drug-likeness (QED) is 0.885. The lowest BCUT2D eigenvalue weighted by atomic mass is 9.79. The van der Waals surface area contributed by atoms with Crippen LogP contribution in [0.15, 0.2) is 12.1 Å². The van der Waals surface area contributed by atoms with Gasteiger partial charge in [0, 0.05) is 11.0 Å². The Morgan fingerprint density at radius 3 is 2.42 bits per heavy atom. The molecule has 0 aliphatic heterocycles. The second-order valence-electron chi connectivity index (χ2n) is 5.69. The zero-order valence-electron chi connectivity index (χ0n) is 12.1. The number of halogens is 1. The third-order valence-electron chi connectivity index (χ3n) is 3.26. The Kier molecular flexibility index (Phi) is 4.56. The molecule has 0 bridgehead atoms. The minimum absolute atomic E-state index is 0.0790. The number of aliphatic carboxylic acids is 1. The van der Waals surface area contributed by atoms with Gasteiger partial charge in [0.1, 0.15) is 0 Å². The van der Waals surface area contributed by atoms with Crippen LogP contribution in [0.4, 0.5) is 4.39 Å². The number of carboxylic acids is 1. The summed E-state index contributed by atoms with van der Waals surface area (Å²) in [5.41, 5.74) is 0.746. The van der Waals surface area contributed by atoms with Gasteiger partial charge in [-0.25, -0.2) is 4.39 Å². The largest absolute Gasteiger partial charge is 0.493 e. The molecule has 0 atom stereocenters. The number of carboxylic acid groups (broad SMARTS) is 1. The lowest BCUT2D eigenvalue weighted by molar-refractivity contribution is -0.138. The predicted octanol–water partition coefficient (Wildman–Crippen LogP) is 3.71. The van der Waals surface area contributed by atoms with E-state index in [1.54, 1.807) is 13.8 Å². The maximum atomic E-state index is 14.1. The standard InChI is InChI=1S/C15H21FO3/c1-9(2)10-6-11(14(19-5)12(16)7-10)15(3,4)8-13(17)18/h6-7,9H,8H2,1-5H3,(H,17,18). The molecular formula is C15H21FO3. The van der Waals surface area contributed by atoms with Crippen molar-refractivity contribution in [2.45, 2.75) is 45.4 Å². The van der Waals surface area contributed by atoms with Crippen molar-refractivity contribution in [3.8, 4) is 5.75 Å². The van der Waals surface area contributed by atoms with E-state index in [4.69, 9.17) is 9.84 Å². The van der Waals surface area contributed by atoms with Gasteiger partial charge >= 0.3 is 5.97 Å². The molecule has 0 saturated heterocycles. The van der Waals surface area contributed by atoms with Crippen molar-refractivity contribution in [2.24, 2.45) is 0 Å². The van der Waals surface area contributed by atoms with Crippen molar-refractivity contribution in [1.82, 2.24) is 0 Å². The molecule has 0 saturated carbocycles. The summed E-state index contributed by atoms with van der Waals surface area (Å²) < 4.78 is 19.2. The smallest absolute Gasteiger partial charge is 0.304 e. The molecule has 1 rings (SSSR count). The molecule has 4 heteroatoms. The van der Waals surface area contributed by atoms with Crippen molar-refractivity contribution in [1.29, 1.82) is 0 Å². The molecule has 1 aromatic carbocycles. The van der Waals surface area contributed by atoms with Crippen LogP contribution in [0.3, 0.4) is 0 Å². The third-order valence-corrected chi connectivity index (χ3v) is 3.26. The molecule has 0 unspecified atom stereocenters. The topological polar surface area (TPSA) is 46.5 Å². The van der Waals surface area contributed by atoms with E-state index in [-0.39, 0.29) is 18.1 Å². The zero-order valence-corrected chi connectivity index (χ0v) is 12.1. The number of hydrogen-bond donors (Lipinski definition) is 1. The van der Waals surface area contributed by atoms with Gasteiger partial charge in [0.25, 0.3) is 0 Å². The van der Waals surface area contributed by atoms with Crippen LogP contribution in [0.1, 0.15) is 51.2 Å². The Hall–Kier alpha value is -1.58. The van der Waals surface area contributed by atoms with Crippen LogP contribution in [0.2, 0.25) is 0 Å². The lowest BCUT2D eigenvalue weighted by Gasteiger charge is -2.27. The van der Waals surface area contributed by atoms with Gasteiger partial charge in [-0.05, 0) is 17.5 Å². The second kappa shape index (κ2) is 5.59. The molecule has 0 heterocycles. The zero-order chi connectivity index (χ0) is 14.8. The van der Waals surface area contributed by atoms with Crippen molar-refractivity contribution in [3.63, 3.8) is 0 Å². The summed E-state index contributed by atoms with van der Waals surface area (Å²) in [4.78, 5) is 11.0. The molecule has 0 amide bonds. The van der Waals surface area contributed by atoms with Gasteiger partial charge in [0.2, 0.25) is 0 Å². The van der Waals surface area contributed by atoms with E-state index >= 15 is 0 Å². The van der Waals surface area contributed by atoms with Crippen LogP contribution in [-0.4, -0.2) is 18.2 Å². The van der Waals surface area contributed by atoms with E-state index in [1.165, 1.54) is 13.2 Å². The van der Waals surface area contributed by atoms with Gasteiger partial charge in [0.05, 0.1) is 13.5 Å². The van der Waals surface area contributed by atoms with E-state index in [2.05, 4.69) is 0 Å². The molecule has 0 fully saturated rings. The first-order valence-corrected chi connectivity index (χ1v) is 6.28. The second-order valence-corrected chi connectivity index (χ2v) is 5.69. The number of methoxy groups -OCH3 is 1. The fraction of sp³-hybridized carbons (Fsp3) is 0.533. The van der Waals surface area contributed by atoms with Gasteiger partial charge in [-0.1, -0.05) is 33.8 Å². The van der Waals surface area contributed by atoms with E-state index in [9.17, 15) is 9.18 Å². The summed E-state index contributed by atoms with van der Waals surface area (Å²) in [6.45, 7) is 7.50. The van der Waals surface area contributed by atoms with Crippen molar-refractivity contribution in [3.05, 3.63) is 29.1 Å². The summed E-state index contributed by atoms with van der Waals surface area (Å²) in [6.07, 6.45) is -0.0790. The molecule has 106 valence electrons. The summed E-state index contributed by atoms with van der Waals surface area (Å²) in [5, 5.41) is 8.99. The van der Waals surface area contributed by atoms with Gasteiger partial charge in [-0.15, -0.1) is 0 Å². The highest BCUT2D eigenvalue weighted by molar-refractivity contribution is 5.69. The average Bonchev–Trinajstić information content (AvgIpc) is 2.25. The van der Waals surface area contributed by atoms with Gasteiger partial charge in [0.15, 0.2) is 11.6 Å². The van der Waals surface area contributed by atoms with Gasteiger partial charge in [-0.3, -0.25) is 4.79 Å². The maximum absolute atomic E-state index is 14.1. The molecule has 1 N–H and O–H groups in total. The first-order chi connectivity index (χ1) is 8.69. The van der Waals surface area contributed by atoms with Crippen molar-refractivity contribution in [2.75, 3.05) is 7.11 Å². The molecule has 0 aromatic heterocycles. The predicted molar refractivity (Wildman–Crippen MR) is 72.3 cm³/mol. The number of hydrogen-bond acceptors (Lipinski definition) is 2. The van der Waals surface area contributed by atoms with Crippen molar-refractivity contribution < 1.29 is 19.0 Å². The van der Waals surface area contributed by atoms with Crippen LogP contribution in [0, 0.1) is 5.82 Å². The number of carbonyl (C=O) groups is 1.